The number of primary amides is 1. The van der Waals surface area contributed by atoms with Gasteiger partial charge in [0.1, 0.15) is 0 Å². The maximum Gasteiger partial charge on any atom is 0.222 e. The maximum atomic E-state index is 10.9. The number of carbonyl (C=O) groups is 1. The fourth-order valence-electron chi connectivity index (χ4n) is 2.76. The van der Waals surface area contributed by atoms with Crippen LogP contribution in [0.15, 0.2) is 0 Å². The molecule has 0 heterocycles. The fraction of sp³-hybridized carbons (Fsp3) is 0.875. The predicted molar refractivity (Wildman–Crippen MR) is 41.5 cm³/mol. The molecule has 0 aromatic heterocycles. The minimum absolute atomic E-state index is 0.0197. The highest BCUT2D eigenvalue weighted by molar-refractivity contribution is 5.78. The molecule has 4 N–H and O–H groups in total. The van der Waals surface area contributed by atoms with Crippen molar-refractivity contribution in [2.45, 2.75) is 25.3 Å². The Morgan fingerprint density at radius 3 is 2.27 bits per heavy atom. The SMILES string of the molecule is NC(=O)[C@H]1[C@H]2CC[C@H](C2)[C@@H]1N. The quantitative estimate of drug-likeness (QED) is 0.551. The van der Waals surface area contributed by atoms with Crippen molar-refractivity contribution >= 4 is 5.91 Å². The first kappa shape index (κ1) is 7.10. The van der Waals surface area contributed by atoms with Crippen LogP contribution in [0.3, 0.4) is 0 Å². The summed E-state index contributed by atoms with van der Waals surface area (Å²) in [4.78, 5) is 10.9. The van der Waals surface area contributed by atoms with Crippen molar-refractivity contribution in [3.8, 4) is 0 Å². The third-order valence-electron chi connectivity index (χ3n) is 3.31. The van der Waals surface area contributed by atoms with Crippen LogP contribution in [-0.4, -0.2) is 11.9 Å². The Bertz CT molecular complexity index is 191. The second-order valence-corrected chi connectivity index (χ2v) is 3.84. The molecule has 0 radical (unpaired) electrons. The molecule has 3 nitrogen and oxygen atoms in total. The highest BCUT2D eigenvalue weighted by Crippen LogP contribution is 2.47. The molecule has 0 aromatic rings. The number of amides is 1. The minimum atomic E-state index is -0.190. The van der Waals surface area contributed by atoms with E-state index in [1.54, 1.807) is 0 Å². The molecule has 0 aromatic carbocycles. The lowest BCUT2D eigenvalue weighted by atomic mass is 9.84. The van der Waals surface area contributed by atoms with E-state index < -0.39 is 0 Å². The van der Waals surface area contributed by atoms with Gasteiger partial charge in [0.15, 0.2) is 0 Å². The van der Waals surface area contributed by atoms with Gasteiger partial charge in [0, 0.05) is 6.04 Å². The summed E-state index contributed by atoms with van der Waals surface area (Å²) < 4.78 is 0. The van der Waals surface area contributed by atoms with E-state index in [9.17, 15) is 4.79 Å². The predicted octanol–water partition coefficient (Wildman–Crippen LogP) is -0.155. The molecule has 2 rings (SSSR count). The average molecular weight is 154 g/mol. The van der Waals surface area contributed by atoms with Crippen LogP contribution in [0.5, 0.6) is 0 Å². The maximum absolute atomic E-state index is 10.9. The lowest BCUT2D eigenvalue weighted by molar-refractivity contribution is -0.123. The van der Waals surface area contributed by atoms with E-state index in [-0.39, 0.29) is 17.9 Å². The van der Waals surface area contributed by atoms with E-state index in [0.717, 1.165) is 12.8 Å². The third-order valence-corrected chi connectivity index (χ3v) is 3.31. The number of rotatable bonds is 1. The smallest absolute Gasteiger partial charge is 0.222 e. The van der Waals surface area contributed by atoms with Crippen molar-refractivity contribution in [3.05, 3.63) is 0 Å². The molecule has 11 heavy (non-hydrogen) atoms. The molecule has 3 heteroatoms. The summed E-state index contributed by atoms with van der Waals surface area (Å²) in [7, 11) is 0. The summed E-state index contributed by atoms with van der Waals surface area (Å²) in [5.74, 6) is 0.878. The molecule has 0 aliphatic heterocycles. The van der Waals surface area contributed by atoms with Crippen molar-refractivity contribution in [1.82, 2.24) is 0 Å². The molecule has 0 unspecified atom stereocenters. The number of carbonyl (C=O) groups excluding carboxylic acids is 1. The van der Waals surface area contributed by atoms with E-state index >= 15 is 0 Å². The molecule has 2 aliphatic rings. The van der Waals surface area contributed by atoms with Crippen LogP contribution in [0.2, 0.25) is 0 Å². The van der Waals surface area contributed by atoms with E-state index in [2.05, 4.69) is 0 Å². The Labute approximate surface area is 66.1 Å². The molecule has 2 fully saturated rings. The highest BCUT2D eigenvalue weighted by atomic mass is 16.1. The van der Waals surface area contributed by atoms with Crippen LogP contribution < -0.4 is 11.5 Å². The summed E-state index contributed by atoms with van der Waals surface area (Å²) in [6, 6.07) is 0.0613. The van der Waals surface area contributed by atoms with Crippen LogP contribution in [0.4, 0.5) is 0 Å². The molecule has 0 spiro atoms. The molecule has 4 atom stereocenters. The van der Waals surface area contributed by atoms with Gasteiger partial charge in [0.25, 0.3) is 0 Å². The number of hydrogen-bond acceptors (Lipinski definition) is 2. The van der Waals surface area contributed by atoms with E-state index in [1.165, 1.54) is 6.42 Å². The van der Waals surface area contributed by atoms with Crippen molar-refractivity contribution in [3.63, 3.8) is 0 Å². The number of hydrogen-bond donors (Lipinski definition) is 2. The van der Waals surface area contributed by atoms with Gasteiger partial charge in [0.05, 0.1) is 5.92 Å². The molecular weight excluding hydrogens is 140 g/mol. The van der Waals surface area contributed by atoms with Crippen LogP contribution in [-0.2, 0) is 4.79 Å². The first-order valence-corrected chi connectivity index (χ1v) is 4.25. The molecule has 2 saturated carbocycles. The largest absolute Gasteiger partial charge is 0.369 e. The Morgan fingerprint density at radius 2 is 1.91 bits per heavy atom. The normalized spacial score (nSPS) is 48.1. The molecule has 1 amide bonds. The molecule has 62 valence electrons. The van der Waals surface area contributed by atoms with E-state index in [1.807, 2.05) is 0 Å². The van der Waals surface area contributed by atoms with Crippen molar-refractivity contribution in [2.24, 2.45) is 29.2 Å². The zero-order chi connectivity index (χ0) is 8.01. The van der Waals surface area contributed by atoms with Gasteiger partial charge in [-0.25, -0.2) is 0 Å². The summed E-state index contributed by atoms with van der Waals surface area (Å²) in [6.07, 6.45) is 3.50. The summed E-state index contributed by atoms with van der Waals surface area (Å²) in [6.45, 7) is 0. The zero-order valence-electron chi connectivity index (χ0n) is 6.49. The zero-order valence-corrected chi connectivity index (χ0v) is 6.49. The topological polar surface area (TPSA) is 69.1 Å². The molecule has 2 aliphatic carbocycles. The summed E-state index contributed by atoms with van der Waals surface area (Å²) in [5.41, 5.74) is 11.1. The first-order valence-electron chi connectivity index (χ1n) is 4.25. The Kier molecular flexibility index (Phi) is 1.42. The summed E-state index contributed by atoms with van der Waals surface area (Å²) in [5, 5.41) is 0. The van der Waals surface area contributed by atoms with Crippen LogP contribution in [0, 0.1) is 17.8 Å². The third kappa shape index (κ3) is 0.872. The van der Waals surface area contributed by atoms with Crippen molar-refractivity contribution < 1.29 is 4.79 Å². The van der Waals surface area contributed by atoms with E-state index in [4.69, 9.17) is 11.5 Å². The Hall–Kier alpha value is -0.570. The average Bonchev–Trinajstić information content (AvgIpc) is 2.44. The first-order chi connectivity index (χ1) is 5.20. The molecule has 2 bridgehead atoms. The molecular formula is C8H14N2O. The van der Waals surface area contributed by atoms with Gasteiger partial charge in [-0.15, -0.1) is 0 Å². The summed E-state index contributed by atoms with van der Waals surface area (Å²) >= 11 is 0. The monoisotopic (exact) mass is 154 g/mol. The van der Waals surface area contributed by atoms with Gasteiger partial charge in [-0.2, -0.15) is 0 Å². The van der Waals surface area contributed by atoms with Crippen LogP contribution in [0.25, 0.3) is 0 Å². The fourth-order valence-corrected chi connectivity index (χ4v) is 2.76. The standard InChI is InChI=1S/C8H14N2O/c9-7-5-2-1-4(3-5)6(7)8(10)11/h4-7H,1-3,9H2,(H2,10,11)/t4-,5+,6-,7-/m0/s1. The van der Waals surface area contributed by atoms with Gasteiger partial charge >= 0.3 is 0 Å². The van der Waals surface area contributed by atoms with Crippen molar-refractivity contribution in [1.29, 1.82) is 0 Å². The van der Waals surface area contributed by atoms with Crippen LogP contribution >= 0.6 is 0 Å². The van der Waals surface area contributed by atoms with Crippen molar-refractivity contribution in [2.75, 3.05) is 0 Å². The second-order valence-electron chi connectivity index (χ2n) is 3.84. The van der Waals surface area contributed by atoms with Gasteiger partial charge in [-0.3, -0.25) is 4.79 Å². The van der Waals surface area contributed by atoms with Gasteiger partial charge in [-0.1, -0.05) is 0 Å². The lowest BCUT2D eigenvalue weighted by Crippen LogP contribution is -2.43. The van der Waals surface area contributed by atoms with Crippen LogP contribution in [0.1, 0.15) is 19.3 Å². The number of nitrogens with two attached hydrogens (primary N) is 2. The van der Waals surface area contributed by atoms with Gasteiger partial charge < -0.3 is 11.5 Å². The number of fused-ring (bicyclic) bond motifs is 2. The Balaban J connectivity index is 2.17. The van der Waals surface area contributed by atoms with Gasteiger partial charge in [-0.05, 0) is 31.1 Å². The van der Waals surface area contributed by atoms with E-state index in [0.29, 0.717) is 11.8 Å². The highest BCUT2D eigenvalue weighted by Gasteiger charge is 2.48. The van der Waals surface area contributed by atoms with Gasteiger partial charge in [0.2, 0.25) is 5.91 Å². The second kappa shape index (κ2) is 2.21. The Morgan fingerprint density at radius 1 is 1.27 bits per heavy atom. The lowest BCUT2D eigenvalue weighted by Gasteiger charge is -2.24. The molecule has 0 saturated heterocycles. The minimum Gasteiger partial charge on any atom is -0.369 e.